The normalized spacial score (nSPS) is 12.5. The van der Waals surface area contributed by atoms with Crippen LogP contribution in [0.25, 0.3) is 0 Å². The lowest BCUT2D eigenvalue weighted by atomic mass is 9.86. The lowest BCUT2D eigenvalue weighted by Gasteiger charge is -2.29. The van der Waals surface area contributed by atoms with Crippen molar-refractivity contribution in [2.24, 2.45) is 5.41 Å². The van der Waals surface area contributed by atoms with Crippen LogP contribution >= 0.6 is 31.9 Å². The third-order valence-electron chi connectivity index (χ3n) is 5.02. The summed E-state index contributed by atoms with van der Waals surface area (Å²) in [7, 11) is 1.75. The van der Waals surface area contributed by atoms with Crippen molar-refractivity contribution in [3.05, 3.63) is 80.4 Å². The van der Waals surface area contributed by atoms with E-state index in [0.717, 1.165) is 16.1 Å². The number of nitrogens with one attached hydrogen (secondary N) is 1. The van der Waals surface area contributed by atoms with Gasteiger partial charge in [0, 0.05) is 13.5 Å². The Balaban J connectivity index is 0.000000640. The number of aliphatic hydroxyl groups is 1. The van der Waals surface area contributed by atoms with E-state index in [9.17, 15) is 17.7 Å². The van der Waals surface area contributed by atoms with Gasteiger partial charge < -0.3 is 15.2 Å². The van der Waals surface area contributed by atoms with Gasteiger partial charge >= 0.3 is 6.18 Å². The van der Waals surface area contributed by atoms with Crippen LogP contribution in [0, 0.1) is 5.41 Å². The minimum absolute atomic E-state index is 0.0854. The molecule has 0 saturated heterocycles. The maximum absolute atomic E-state index is 12.7. The van der Waals surface area contributed by atoms with E-state index in [1.807, 2.05) is 65.8 Å². The summed E-state index contributed by atoms with van der Waals surface area (Å²) in [6, 6.07) is 11.4. The molecule has 0 amide bonds. The molecule has 38 heavy (non-hydrogen) atoms. The third kappa shape index (κ3) is 15.2. The van der Waals surface area contributed by atoms with Gasteiger partial charge in [-0.05, 0) is 87.5 Å². The van der Waals surface area contributed by atoms with Crippen LogP contribution in [-0.4, -0.2) is 30.6 Å². The number of hydrogen-bond donors (Lipinski definition) is 2. The maximum atomic E-state index is 12.7. The molecule has 0 aliphatic carbocycles. The molecule has 2 aromatic carbocycles. The van der Waals surface area contributed by atoms with Crippen LogP contribution in [0.1, 0.15) is 58.2 Å². The van der Waals surface area contributed by atoms with Crippen LogP contribution in [0.2, 0.25) is 0 Å². The first-order valence-corrected chi connectivity index (χ1v) is 13.4. The minimum atomic E-state index is -4.30. The molecule has 0 aliphatic heterocycles. The average Bonchev–Trinajstić information content (AvgIpc) is 2.77. The minimum Gasteiger partial charge on any atom is -0.371 e. The zero-order chi connectivity index (χ0) is 29.7. The molecule has 0 radical (unpaired) electrons. The summed E-state index contributed by atoms with van der Waals surface area (Å²) in [5.74, 6) is 0.125. The molecule has 2 N–H and O–H groups in total. The summed E-state index contributed by atoms with van der Waals surface area (Å²) in [5, 5.41) is 11.1. The van der Waals surface area contributed by atoms with E-state index in [-0.39, 0.29) is 29.6 Å². The fourth-order valence-electron chi connectivity index (χ4n) is 3.23. The van der Waals surface area contributed by atoms with Gasteiger partial charge in [0.1, 0.15) is 6.79 Å². The lowest BCUT2D eigenvalue weighted by Crippen LogP contribution is -2.39. The Morgan fingerprint density at radius 2 is 1.61 bits per heavy atom. The highest BCUT2D eigenvalue weighted by Crippen LogP contribution is 2.32. The second-order valence-corrected chi connectivity index (χ2v) is 12.2. The van der Waals surface area contributed by atoms with E-state index in [4.69, 9.17) is 9.84 Å². The molecule has 0 spiro atoms. The van der Waals surface area contributed by atoms with Gasteiger partial charge in [-0.1, -0.05) is 71.3 Å². The van der Waals surface area contributed by atoms with Crippen LogP contribution in [0.5, 0.6) is 0 Å². The van der Waals surface area contributed by atoms with Gasteiger partial charge in [0.05, 0.1) is 17.2 Å². The number of alkyl halides is 3. The maximum Gasteiger partial charge on any atom is 0.416 e. The van der Waals surface area contributed by atoms with Gasteiger partial charge in [0.25, 0.3) is 0 Å². The molecular formula is C28H39Br2F4NO3. The summed E-state index contributed by atoms with van der Waals surface area (Å²) in [6.07, 6.45) is -3.05. The lowest BCUT2D eigenvalue weighted by molar-refractivity contribution is -0.137. The Hall–Kier alpha value is -1.46. The summed E-state index contributed by atoms with van der Waals surface area (Å²) >= 11 is 6.69. The molecule has 2 aromatic rings. The monoisotopic (exact) mass is 671 g/mol. The van der Waals surface area contributed by atoms with Gasteiger partial charge in [0.15, 0.2) is 5.76 Å². The summed E-state index contributed by atoms with van der Waals surface area (Å²) < 4.78 is 56.3. The molecule has 0 bridgehead atoms. The number of benzene rings is 2. The highest BCUT2D eigenvalue weighted by molar-refractivity contribution is 9.10. The molecular weight excluding hydrogens is 634 g/mol. The standard InChI is InChI=1S/C15H11Br2F3.C8H16FNO.C5H12O2/c16-13-3-1-2-10(8-13)4-5-11-9-12(15(18,19)20)6-7-14(11)17;1-6(11-9)7(10-5)8(2,3)4;1-5(2,3)7-4-6/h1-3,6-9H,4-5H2;7,10H,1H2,2-5H3;6H,4H2,1-3H3. The van der Waals surface area contributed by atoms with Crippen molar-refractivity contribution >= 4 is 31.9 Å². The first-order valence-electron chi connectivity index (χ1n) is 11.8. The van der Waals surface area contributed by atoms with Gasteiger partial charge in [-0.3, -0.25) is 4.94 Å². The quantitative estimate of drug-likeness (QED) is 0.175. The molecule has 216 valence electrons. The second kappa shape index (κ2) is 16.6. The van der Waals surface area contributed by atoms with E-state index in [1.165, 1.54) is 12.1 Å². The Morgan fingerprint density at radius 3 is 1.97 bits per heavy atom. The highest BCUT2D eigenvalue weighted by atomic mass is 79.9. The fourth-order valence-corrected chi connectivity index (χ4v) is 4.12. The number of aliphatic hydroxyl groups excluding tert-OH is 1. The number of halogens is 6. The van der Waals surface area contributed by atoms with E-state index in [1.54, 1.807) is 7.05 Å². The van der Waals surface area contributed by atoms with Gasteiger partial charge in [0.2, 0.25) is 0 Å². The molecule has 0 aromatic heterocycles. The van der Waals surface area contributed by atoms with E-state index >= 15 is 0 Å². The predicted molar refractivity (Wildman–Crippen MR) is 152 cm³/mol. The average molecular weight is 673 g/mol. The van der Waals surface area contributed by atoms with E-state index in [0.29, 0.717) is 22.9 Å². The van der Waals surface area contributed by atoms with Gasteiger partial charge in [-0.15, -0.1) is 0 Å². The third-order valence-corrected chi connectivity index (χ3v) is 6.29. The number of aryl methyl sites for hydroxylation is 2. The number of ether oxygens (including phenoxy) is 1. The Morgan fingerprint density at radius 1 is 1.00 bits per heavy atom. The number of likely N-dealkylation sites (N-methyl/N-ethyl adjacent to an activating group) is 1. The smallest absolute Gasteiger partial charge is 0.371 e. The van der Waals surface area contributed by atoms with Crippen LogP contribution in [0.3, 0.4) is 0 Å². The van der Waals surface area contributed by atoms with E-state index in [2.05, 4.69) is 48.7 Å². The Labute approximate surface area is 241 Å². The molecule has 4 nitrogen and oxygen atoms in total. The molecule has 0 saturated carbocycles. The summed E-state index contributed by atoms with van der Waals surface area (Å²) in [4.78, 5) is 3.57. The SMILES string of the molecule is C=C(OF)C(NC)C(C)(C)C.CC(C)(C)OCO.FC(F)(F)c1ccc(Br)c(CCc2cccc(Br)c2)c1. The molecule has 0 heterocycles. The number of rotatable bonds is 7. The van der Waals surface area contributed by atoms with Crippen molar-refractivity contribution in [2.45, 2.75) is 72.2 Å². The molecule has 0 aliphatic rings. The topological polar surface area (TPSA) is 50.7 Å². The predicted octanol–water partition coefficient (Wildman–Crippen LogP) is 8.80. The second-order valence-electron chi connectivity index (χ2n) is 10.5. The molecule has 10 heteroatoms. The highest BCUT2D eigenvalue weighted by Gasteiger charge is 2.30. The van der Waals surface area contributed by atoms with Crippen LogP contribution < -0.4 is 5.32 Å². The van der Waals surface area contributed by atoms with Crippen molar-refractivity contribution in [3.8, 4) is 0 Å². The Kier molecular flexibility index (Phi) is 16.0. The number of hydrogen-bond acceptors (Lipinski definition) is 4. The fraction of sp³-hybridized carbons (Fsp3) is 0.500. The molecule has 0 fully saturated rings. The van der Waals surface area contributed by atoms with E-state index < -0.39 is 11.7 Å². The zero-order valence-corrected chi connectivity index (χ0v) is 26.2. The van der Waals surface area contributed by atoms with Gasteiger partial charge in [-0.2, -0.15) is 13.2 Å². The first-order chi connectivity index (χ1) is 17.3. The van der Waals surface area contributed by atoms with Crippen molar-refractivity contribution in [3.63, 3.8) is 0 Å². The molecule has 1 atom stereocenters. The molecule has 1 unspecified atom stereocenters. The van der Waals surface area contributed by atoms with Crippen molar-refractivity contribution < 1.29 is 32.5 Å². The van der Waals surface area contributed by atoms with Crippen molar-refractivity contribution in [1.29, 1.82) is 0 Å². The van der Waals surface area contributed by atoms with Crippen molar-refractivity contribution in [2.75, 3.05) is 13.8 Å². The van der Waals surface area contributed by atoms with Crippen LogP contribution in [0.15, 0.2) is 63.7 Å². The first kappa shape index (κ1) is 36.5. The van der Waals surface area contributed by atoms with Crippen LogP contribution in [-0.2, 0) is 28.7 Å². The zero-order valence-electron chi connectivity index (χ0n) is 23.0. The van der Waals surface area contributed by atoms with Crippen molar-refractivity contribution in [1.82, 2.24) is 5.32 Å². The van der Waals surface area contributed by atoms with Crippen LogP contribution in [0.4, 0.5) is 17.7 Å². The largest absolute Gasteiger partial charge is 0.416 e. The Bertz CT molecular complexity index is 987. The molecule has 2 rings (SSSR count). The summed E-state index contributed by atoms with van der Waals surface area (Å²) in [5.41, 5.74) is 0.862. The summed E-state index contributed by atoms with van der Waals surface area (Å²) in [6.45, 7) is 14.9. The van der Waals surface area contributed by atoms with Gasteiger partial charge in [-0.25, -0.2) is 0 Å².